The molecule has 34 heavy (non-hydrogen) atoms. The lowest BCUT2D eigenvalue weighted by molar-refractivity contribution is 0.588. The van der Waals surface area contributed by atoms with Crippen LogP contribution < -0.4 is 10.0 Å². The van der Waals surface area contributed by atoms with Crippen molar-refractivity contribution >= 4 is 44.2 Å². The van der Waals surface area contributed by atoms with Crippen molar-refractivity contribution < 1.29 is 8.42 Å². The van der Waals surface area contributed by atoms with E-state index in [1.165, 1.54) is 19.4 Å². The Morgan fingerprint density at radius 1 is 0.882 bits per heavy atom. The standard InChI is InChI=1S/C25H20ClN5O2S/c1-27-34(32,33)21-4-2-3-20(13-21)31-25-23-22(14-28-24(23)29-15-30-25)18-7-5-16(6-8-18)17-9-11-19(26)12-10-17/h2-15,27H,1H3,(H2,28,29,30,31). The minimum atomic E-state index is -3.56. The molecule has 170 valence electrons. The van der Waals surface area contributed by atoms with E-state index in [0.717, 1.165) is 27.6 Å². The molecule has 0 aliphatic heterocycles. The monoisotopic (exact) mass is 489 g/mol. The molecule has 0 bridgehead atoms. The topological polar surface area (TPSA) is 99.8 Å². The van der Waals surface area contributed by atoms with Crippen LogP contribution in [0.4, 0.5) is 11.5 Å². The van der Waals surface area contributed by atoms with Gasteiger partial charge in [0.2, 0.25) is 10.0 Å². The smallest absolute Gasteiger partial charge is 0.240 e. The second-order valence-corrected chi connectivity index (χ2v) is 9.92. The van der Waals surface area contributed by atoms with Crippen LogP contribution in [0.1, 0.15) is 0 Å². The number of aromatic nitrogens is 3. The van der Waals surface area contributed by atoms with Gasteiger partial charge in [-0.2, -0.15) is 0 Å². The summed E-state index contributed by atoms with van der Waals surface area (Å²) in [5.41, 5.74) is 5.36. The molecular weight excluding hydrogens is 470 g/mol. The Labute approximate surface area is 201 Å². The molecule has 0 fully saturated rings. The van der Waals surface area contributed by atoms with Crippen LogP contribution in [0.25, 0.3) is 33.3 Å². The molecule has 3 N–H and O–H groups in total. The van der Waals surface area contributed by atoms with Crippen LogP contribution in [0, 0.1) is 0 Å². The zero-order valence-corrected chi connectivity index (χ0v) is 19.7. The van der Waals surface area contributed by atoms with Crippen molar-refractivity contribution in [2.75, 3.05) is 12.4 Å². The van der Waals surface area contributed by atoms with E-state index in [9.17, 15) is 8.42 Å². The van der Waals surface area contributed by atoms with Crippen LogP contribution in [0.2, 0.25) is 5.02 Å². The van der Waals surface area contributed by atoms with Crippen molar-refractivity contribution in [3.8, 4) is 22.3 Å². The highest BCUT2D eigenvalue weighted by Crippen LogP contribution is 2.34. The molecule has 0 saturated carbocycles. The Morgan fingerprint density at radius 2 is 1.56 bits per heavy atom. The molecule has 0 aliphatic rings. The average molecular weight is 490 g/mol. The lowest BCUT2D eigenvalue weighted by atomic mass is 10.0. The molecule has 0 saturated heterocycles. The van der Waals surface area contributed by atoms with E-state index in [1.54, 1.807) is 18.2 Å². The first-order chi connectivity index (χ1) is 16.4. The molecular formula is C25H20ClN5O2S. The summed E-state index contributed by atoms with van der Waals surface area (Å²) in [6.45, 7) is 0. The number of H-pyrrole nitrogens is 1. The largest absolute Gasteiger partial charge is 0.345 e. The van der Waals surface area contributed by atoms with E-state index < -0.39 is 10.0 Å². The van der Waals surface area contributed by atoms with E-state index in [-0.39, 0.29) is 4.90 Å². The summed E-state index contributed by atoms with van der Waals surface area (Å²) in [6, 6.07) is 22.5. The Morgan fingerprint density at radius 3 is 2.26 bits per heavy atom. The SMILES string of the molecule is CNS(=O)(=O)c1cccc(Nc2ncnc3[nH]cc(-c4ccc(-c5ccc(Cl)cc5)cc4)c23)c1. The van der Waals surface area contributed by atoms with Gasteiger partial charge in [0, 0.05) is 22.5 Å². The van der Waals surface area contributed by atoms with Crippen molar-refractivity contribution in [1.82, 2.24) is 19.7 Å². The molecule has 5 aromatic rings. The number of anilines is 2. The van der Waals surface area contributed by atoms with E-state index >= 15 is 0 Å². The lowest BCUT2D eigenvalue weighted by Gasteiger charge is -2.10. The third-order valence-corrected chi connectivity index (χ3v) is 7.18. The number of sulfonamides is 1. The van der Waals surface area contributed by atoms with E-state index in [1.807, 2.05) is 42.6 Å². The molecule has 3 aromatic carbocycles. The summed E-state index contributed by atoms with van der Waals surface area (Å²) in [6.07, 6.45) is 3.35. The highest BCUT2D eigenvalue weighted by molar-refractivity contribution is 7.89. The van der Waals surface area contributed by atoms with Gasteiger partial charge in [-0.25, -0.2) is 23.1 Å². The predicted octanol–water partition coefficient (Wildman–Crippen LogP) is 5.60. The Kier molecular flexibility index (Phi) is 5.79. The number of hydrogen-bond donors (Lipinski definition) is 3. The normalized spacial score (nSPS) is 11.6. The first-order valence-electron chi connectivity index (χ1n) is 10.4. The number of aromatic amines is 1. The molecule has 0 atom stereocenters. The number of nitrogens with one attached hydrogen (secondary N) is 3. The fourth-order valence-electron chi connectivity index (χ4n) is 3.77. The molecule has 0 aliphatic carbocycles. The van der Waals surface area contributed by atoms with Crippen LogP contribution in [0.15, 0.2) is 90.2 Å². The van der Waals surface area contributed by atoms with Gasteiger partial charge in [-0.1, -0.05) is 54.1 Å². The maximum atomic E-state index is 12.2. The second kappa shape index (κ2) is 8.90. The number of hydrogen-bond acceptors (Lipinski definition) is 5. The fourth-order valence-corrected chi connectivity index (χ4v) is 4.67. The third kappa shape index (κ3) is 4.26. The highest BCUT2D eigenvalue weighted by Gasteiger charge is 2.15. The van der Waals surface area contributed by atoms with Gasteiger partial charge < -0.3 is 10.3 Å². The van der Waals surface area contributed by atoms with E-state index in [2.05, 4.69) is 37.1 Å². The quantitative estimate of drug-likeness (QED) is 0.288. The van der Waals surface area contributed by atoms with Crippen LogP contribution in [0.5, 0.6) is 0 Å². The van der Waals surface area contributed by atoms with Gasteiger partial charge in [-0.05, 0) is 54.1 Å². The average Bonchev–Trinajstić information content (AvgIpc) is 3.30. The lowest BCUT2D eigenvalue weighted by Crippen LogP contribution is -2.18. The Balaban J connectivity index is 1.52. The molecule has 9 heteroatoms. The number of fused-ring (bicyclic) bond motifs is 1. The van der Waals surface area contributed by atoms with Gasteiger partial charge in [-0.3, -0.25) is 0 Å². The molecule has 0 spiro atoms. The Bertz CT molecular complexity index is 1580. The van der Waals surface area contributed by atoms with Crippen LogP contribution in [0.3, 0.4) is 0 Å². The highest BCUT2D eigenvalue weighted by atomic mass is 35.5. The van der Waals surface area contributed by atoms with Gasteiger partial charge in [-0.15, -0.1) is 0 Å². The molecule has 7 nitrogen and oxygen atoms in total. The molecule has 5 rings (SSSR count). The number of halogens is 1. The minimum Gasteiger partial charge on any atom is -0.345 e. The molecule has 0 radical (unpaired) electrons. The van der Waals surface area contributed by atoms with Gasteiger partial charge in [0.15, 0.2) is 0 Å². The molecule has 2 heterocycles. The number of rotatable bonds is 6. The maximum absolute atomic E-state index is 12.2. The third-order valence-electron chi connectivity index (χ3n) is 5.52. The van der Waals surface area contributed by atoms with E-state index in [4.69, 9.17) is 11.6 Å². The van der Waals surface area contributed by atoms with Crippen molar-refractivity contribution in [1.29, 1.82) is 0 Å². The second-order valence-electron chi connectivity index (χ2n) is 7.59. The van der Waals surface area contributed by atoms with Gasteiger partial charge >= 0.3 is 0 Å². The fraction of sp³-hybridized carbons (Fsp3) is 0.0400. The van der Waals surface area contributed by atoms with Crippen molar-refractivity contribution in [2.24, 2.45) is 0 Å². The van der Waals surface area contributed by atoms with Crippen molar-refractivity contribution in [2.45, 2.75) is 4.90 Å². The Hall–Kier alpha value is -3.72. The van der Waals surface area contributed by atoms with Gasteiger partial charge in [0.25, 0.3) is 0 Å². The summed E-state index contributed by atoms with van der Waals surface area (Å²) in [4.78, 5) is 12.1. The molecule has 0 unspecified atom stereocenters. The number of nitrogens with zero attached hydrogens (tertiary/aromatic N) is 2. The first kappa shape index (κ1) is 22.1. The summed E-state index contributed by atoms with van der Waals surface area (Å²) in [5.74, 6) is 0.571. The molecule has 0 amide bonds. The maximum Gasteiger partial charge on any atom is 0.240 e. The predicted molar refractivity (Wildman–Crippen MR) is 136 cm³/mol. The zero-order valence-electron chi connectivity index (χ0n) is 18.1. The number of benzene rings is 3. The van der Waals surface area contributed by atoms with Gasteiger partial charge in [0.1, 0.15) is 17.8 Å². The van der Waals surface area contributed by atoms with Crippen LogP contribution in [-0.2, 0) is 10.0 Å². The van der Waals surface area contributed by atoms with Crippen molar-refractivity contribution in [3.05, 3.63) is 90.3 Å². The van der Waals surface area contributed by atoms with Gasteiger partial charge in [0.05, 0.1) is 10.3 Å². The zero-order chi connectivity index (χ0) is 23.7. The summed E-state index contributed by atoms with van der Waals surface area (Å²) in [7, 11) is -2.18. The molecule has 2 aromatic heterocycles. The van der Waals surface area contributed by atoms with Crippen LogP contribution >= 0.6 is 11.6 Å². The van der Waals surface area contributed by atoms with Crippen molar-refractivity contribution in [3.63, 3.8) is 0 Å². The summed E-state index contributed by atoms with van der Waals surface area (Å²) in [5, 5.41) is 4.76. The van der Waals surface area contributed by atoms with E-state index in [0.29, 0.717) is 22.2 Å². The first-order valence-corrected chi connectivity index (χ1v) is 12.3. The minimum absolute atomic E-state index is 0.164. The summed E-state index contributed by atoms with van der Waals surface area (Å²) >= 11 is 6.00. The van der Waals surface area contributed by atoms with Crippen LogP contribution in [-0.4, -0.2) is 30.4 Å². The summed E-state index contributed by atoms with van der Waals surface area (Å²) < 4.78 is 26.7.